The molecule has 0 fully saturated rings. The molecule has 0 unspecified atom stereocenters. The predicted molar refractivity (Wildman–Crippen MR) is 253 cm³/mol. The summed E-state index contributed by atoms with van der Waals surface area (Å²) in [6.07, 6.45) is 0. The average Bonchev–Trinajstić information content (AvgIpc) is 3.92. The maximum absolute atomic E-state index is 5.43. The normalized spacial score (nSPS) is 11.5. The van der Waals surface area contributed by atoms with E-state index in [0.717, 1.165) is 72.3 Å². The minimum absolute atomic E-state index is 0.594. The Morgan fingerprint density at radius 2 is 0.806 bits per heavy atom. The van der Waals surface area contributed by atoms with E-state index in [1.165, 1.54) is 21.8 Å². The van der Waals surface area contributed by atoms with E-state index in [2.05, 4.69) is 191 Å². The summed E-state index contributed by atoms with van der Waals surface area (Å²) in [6, 6.07) is 76.2. The first kappa shape index (κ1) is 35.5. The molecule has 0 bridgehead atoms. The first-order valence-electron chi connectivity index (χ1n) is 20.8. The van der Waals surface area contributed by atoms with Crippen LogP contribution in [0.4, 0.5) is 0 Å². The van der Waals surface area contributed by atoms with Crippen LogP contribution in [0.2, 0.25) is 0 Å². The Balaban J connectivity index is 1.06. The molecule has 0 radical (unpaired) electrons. The van der Waals surface area contributed by atoms with Gasteiger partial charge in [-0.1, -0.05) is 170 Å². The molecule has 4 aromatic heterocycles. The number of nitrogens with zero attached hydrogens (tertiary/aromatic N) is 6. The maximum Gasteiger partial charge on any atom is 0.164 e. The van der Waals surface area contributed by atoms with Crippen molar-refractivity contribution in [3.8, 4) is 73.5 Å². The minimum atomic E-state index is 0.594. The van der Waals surface area contributed by atoms with E-state index in [0.29, 0.717) is 17.5 Å². The van der Waals surface area contributed by atoms with Crippen molar-refractivity contribution in [2.24, 2.45) is 0 Å². The number of benzene rings is 8. The van der Waals surface area contributed by atoms with Gasteiger partial charge in [-0.25, -0.2) is 19.5 Å². The third kappa shape index (κ3) is 5.96. The molecule has 0 atom stereocenters. The third-order valence-corrected chi connectivity index (χ3v) is 11.8. The highest BCUT2D eigenvalue weighted by atomic mass is 15.2. The van der Waals surface area contributed by atoms with Gasteiger partial charge in [0.05, 0.1) is 22.2 Å². The highest BCUT2D eigenvalue weighted by Gasteiger charge is 2.23. The zero-order valence-electron chi connectivity index (χ0n) is 33.5. The molecule has 0 spiro atoms. The van der Waals surface area contributed by atoms with Crippen LogP contribution in [0, 0.1) is 0 Å². The van der Waals surface area contributed by atoms with E-state index in [-0.39, 0.29) is 0 Å². The molecule has 0 saturated carbocycles. The summed E-state index contributed by atoms with van der Waals surface area (Å²) >= 11 is 0. The van der Waals surface area contributed by atoms with Crippen LogP contribution in [0.15, 0.2) is 218 Å². The molecule has 6 heteroatoms. The monoisotopic (exact) mass is 792 g/mol. The fraction of sp³-hybridized carbons (Fsp3) is 0. The van der Waals surface area contributed by atoms with Gasteiger partial charge in [-0.15, -0.1) is 0 Å². The van der Waals surface area contributed by atoms with Crippen LogP contribution in [0.25, 0.3) is 112 Å². The van der Waals surface area contributed by atoms with E-state index in [1.54, 1.807) is 0 Å². The summed E-state index contributed by atoms with van der Waals surface area (Å²) in [6.45, 7) is 0. The summed E-state index contributed by atoms with van der Waals surface area (Å²) in [5.74, 6) is 1.81. The Labute approximate surface area is 357 Å². The van der Waals surface area contributed by atoms with E-state index in [1.807, 2.05) is 36.4 Å². The fourth-order valence-electron chi connectivity index (χ4n) is 8.88. The van der Waals surface area contributed by atoms with Gasteiger partial charge in [0.1, 0.15) is 5.69 Å². The second-order valence-electron chi connectivity index (χ2n) is 15.5. The van der Waals surface area contributed by atoms with Crippen molar-refractivity contribution in [3.63, 3.8) is 0 Å². The maximum atomic E-state index is 5.43. The van der Waals surface area contributed by atoms with Gasteiger partial charge in [0.25, 0.3) is 0 Å². The summed E-state index contributed by atoms with van der Waals surface area (Å²) < 4.78 is 4.45. The molecule has 6 nitrogen and oxygen atoms in total. The zero-order chi connectivity index (χ0) is 41.0. The van der Waals surface area contributed by atoms with Crippen LogP contribution in [0.5, 0.6) is 0 Å². The number of rotatable bonds is 7. The first-order valence-corrected chi connectivity index (χ1v) is 20.8. The van der Waals surface area contributed by atoms with Crippen LogP contribution < -0.4 is 0 Å². The molecule has 8 aromatic carbocycles. The van der Waals surface area contributed by atoms with Crippen LogP contribution in [-0.2, 0) is 0 Å². The molecule has 0 saturated heterocycles. The predicted octanol–water partition coefficient (Wildman–Crippen LogP) is 13.8. The van der Waals surface area contributed by atoms with E-state index >= 15 is 0 Å². The molecule has 12 rings (SSSR count). The van der Waals surface area contributed by atoms with Crippen molar-refractivity contribution >= 4 is 38.1 Å². The quantitative estimate of drug-likeness (QED) is 0.161. The highest BCUT2D eigenvalue weighted by Crippen LogP contribution is 2.42. The molecule has 0 aliphatic heterocycles. The smallest absolute Gasteiger partial charge is 0.164 e. The van der Waals surface area contributed by atoms with Crippen LogP contribution in [0.3, 0.4) is 0 Å². The molecule has 12 aromatic rings. The van der Waals surface area contributed by atoms with Crippen LogP contribution >= 0.6 is 0 Å². The zero-order valence-corrected chi connectivity index (χ0v) is 33.5. The number of fused-ring (bicyclic) bond motifs is 6. The van der Waals surface area contributed by atoms with Crippen molar-refractivity contribution in [1.29, 1.82) is 0 Å². The van der Waals surface area contributed by atoms with Crippen molar-refractivity contribution in [2.75, 3.05) is 0 Å². The Bertz CT molecular complexity index is 3540. The largest absolute Gasteiger partial charge is 0.309 e. The van der Waals surface area contributed by atoms with E-state index in [4.69, 9.17) is 20.1 Å². The van der Waals surface area contributed by atoms with E-state index < -0.39 is 0 Å². The van der Waals surface area contributed by atoms with Gasteiger partial charge in [-0.2, -0.15) is 5.10 Å². The summed E-state index contributed by atoms with van der Waals surface area (Å²) in [5, 5.41) is 10.0. The van der Waals surface area contributed by atoms with Gasteiger partial charge in [0, 0.05) is 55.2 Å². The Kier molecular flexibility index (Phi) is 8.38. The average molecular weight is 793 g/mol. The lowest BCUT2D eigenvalue weighted by Crippen LogP contribution is -2.01. The van der Waals surface area contributed by atoms with Gasteiger partial charge < -0.3 is 4.57 Å². The van der Waals surface area contributed by atoms with Crippen molar-refractivity contribution in [2.45, 2.75) is 0 Å². The summed E-state index contributed by atoms with van der Waals surface area (Å²) in [7, 11) is 0. The first-order chi connectivity index (χ1) is 30.7. The van der Waals surface area contributed by atoms with Crippen molar-refractivity contribution in [3.05, 3.63) is 218 Å². The minimum Gasteiger partial charge on any atom is -0.309 e. The van der Waals surface area contributed by atoms with Crippen LogP contribution in [-0.4, -0.2) is 29.1 Å². The highest BCUT2D eigenvalue weighted by molar-refractivity contribution is 6.10. The Hall–Kier alpha value is -8.48. The van der Waals surface area contributed by atoms with Crippen molar-refractivity contribution < 1.29 is 0 Å². The van der Waals surface area contributed by atoms with Crippen LogP contribution in [0.1, 0.15) is 0 Å². The Morgan fingerprint density at radius 3 is 1.40 bits per heavy atom. The molecular formula is C56H36N6. The van der Waals surface area contributed by atoms with E-state index in [9.17, 15) is 0 Å². The lowest BCUT2D eigenvalue weighted by atomic mass is 9.96. The summed E-state index contributed by atoms with van der Waals surface area (Å²) in [4.78, 5) is 15.5. The van der Waals surface area contributed by atoms with Gasteiger partial charge in [-0.05, 0) is 59.5 Å². The molecule has 4 heterocycles. The number of hydrogen-bond acceptors (Lipinski definition) is 4. The molecular weight excluding hydrogens is 757 g/mol. The number of hydrogen-bond donors (Lipinski definition) is 0. The second kappa shape index (κ2) is 14.7. The Morgan fingerprint density at radius 1 is 0.339 bits per heavy atom. The molecule has 290 valence electrons. The lowest BCUT2D eigenvalue weighted by Gasteiger charge is -2.13. The second-order valence-corrected chi connectivity index (χ2v) is 15.5. The number of para-hydroxylation sites is 2. The molecule has 0 N–H and O–H groups in total. The van der Waals surface area contributed by atoms with Gasteiger partial charge in [-0.3, -0.25) is 0 Å². The SMILES string of the molecule is c1ccc(-c2nc(-c3ccc(-n4c5ccccc5c5ccccc54)cc3)nc(-c3ccc4cc(-c5ccccc5)n5nc(-c6ccccc6)c(-c6ccccc6)c5c4c3)n2)cc1. The topological polar surface area (TPSA) is 60.9 Å². The molecule has 0 aliphatic carbocycles. The van der Waals surface area contributed by atoms with Crippen molar-refractivity contribution in [1.82, 2.24) is 29.1 Å². The molecule has 0 amide bonds. The lowest BCUT2D eigenvalue weighted by molar-refractivity contribution is 0.979. The number of pyridine rings is 1. The fourth-order valence-corrected chi connectivity index (χ4v) is 8.88. The number of aromatic nitrogens is 6. The third-order valence-electron chi connectivity index (χ3n) is 11.8. The standard InChI is InChI=1S/C56H36N6/c1-5-17-37(18-6-1)50-36-42-29-30-43(35-47(42)53-51(38-19-7-2-8-20-38)52(60-62(50)53)39-21-9-3-10-22-39)56-58-54(40-23-11-4-12-24-40)57-55(59-56)41-31-33-44(34-32-41)61-48-27-15-13-25-45(48)46-26-14-16-28-49(46)61/h1-36H. The van der Waals surface area contributed by atoms with Gasteiger partial charge in [0.15, 0.2) is 17.5 Å². The van der Waals surface area contributed by atoms with Gasteiger partial charge >= 0.3 is 0 Å². The van der Waals surface area contributed by atoms with Gasteiger partial charge in [0.2, 0.25) is 0 Å². The summed E-state index contributed by atoms with van der Waals surface area (Å²) in [5.41, 5.74) is 13.4. The molecule has 62 heavy (non-hydrogen) atoms. The molecule has 0 aliphatic rings.